The van der Waals surface area contributed by atoms with Crippen LogP contribution in [0, 0.1) is 6.92 Å². The Kier molecular flexibility index (Phi) is 8.47. The smallest absolute Gasteiger partial charge is 0.287 e. The minimum Gasteiger partial charge on any atom is -0.455 e. The molecule has 0 atom stereocenters. The van der Waals surface area contributed by atoms with Gasteiger partial charge in [-0.25, -0.2) is 5.43 Å². The highest BCUT2D eigenvalue weighted by atomic mass is 35.5. The van der Waals surface area contributed by atoms with Gasteiger partial charge in [0.25, 0.3) is 11.8 Å². The lowest BCUT2D eigenvalue weighted by Gasteiger charge is -2.08. The lowest BCUT2D eigenvalue weighted by molar-refractivity contribution is -0.117. The molecule has 7 heteroatoms. The second-order valence-electron chi connectivity index (χ2n) is 8.04. The molecule has 0 aliphatic heterocycles. The van der Waals surface area contributed by atoms with Gasteiger partial charge in [0.2, 0.25) is 0 Å². The maximum absolute atomic E-state index is 12.9. The van der Waals surface area contributed by atoms with Gasteiger partial charge in [0.15, 0.2) is 0 Å². The first kappa shape index (κ1) is 25.4. The minimum atomic E-state index is -0.588. The van der Waals surface area contributed by atoms with E-state index in [1.807, 2.05) is 67.6 Å². The quantitative estimate of drug-likeness (QED) is 0.125. The van der Waals surface area contributed by atoms with Gasteiger partial charge in [-0.3, -0.25) is 9.59 Å². The van der Waals surface area contributed by atoms with Crippen LogP contribution in [0.3, 0.4) is 0 Å². The fourth-order valence-corrected chi connectivity index (χ4v) is 3.50. The van der Waals surface area contributed by atoms with Crippen molar-refractivity contribution in [3.05, 3.63) is 136 Å². The summed E-state index contributed by atoms with van der Waals surface area (Å²) in [5.41, 5.74) is 5.66. The second-order valence-corrected chi connectivity index (χ2v) is 8.44. The fraction of sp³-hybridized carbons (Fsp3) is 0.0333. The van der Waals surface area contributed by atoms with Crippen LogP contribution in [0.25, 0.3) is 17.4 Å². The topological polar surface area (TPSA) is 83.7 Å². The summed E-state index contributed by atoms with van der Waals surface area (Å²) in [5, 5.41) is 7.29. The Morgan fingerprint density at radius 1 is 0.919 bits per heavy atom. The van der Waals surface area contributed by atoms with E-state index in [9.17, 15) is 9.59 Å². The van der Waals surface area contributed by atoms with E-state index in [2.05, 4.69) is 15.8 Å². The molecule has 0 bridgehead atoms. The van der Waals surface area contributed by atoms with E-state index in [4.69, 9.17) is 16.0 Å². The van der Waals surface area contributed by atoms with Crippen LogP contribution in [0.2, 0.25) is 5.02 Å². The van der Waals surface area contributed by atoms with E-state index < -0.39 is 11.8 Å². The summed E-state index contributed by atoms with van der Waals surface area (Å²) in [6.07, 6.45) is 6.41. The first-order chi connectivity index (χ1) is 18.0. The highest BCUT2D eigenvalue weighted by molar-refractivity contribution is 6.31. The molecule has 1 aromatic heterocycles. The number of allylic oxidation sites excluding steroid dienone is 2. The molecule has 6 nitrogen and oxygen atoms in total. The molecule has 2 amide bonds. The molecular weight excluding hydrogens is 486 g/mol. The van der Waals surface area contributed by atoms with Gasteiger partial charge in [-0.05, 0) is 54.5 Å². The van der Waals surface area contributed by atoms with Crippen LogP contribution >= 0.6 is 11.6 Å². The van der Waals surface area contributed by atoms with Crippen molar-refractivity contribution in [2.75, 3.05) is 0 Å². The van der Waals surface area contributed by atoms with Gasteiger partial charge in [-0.15, -0.1) is 0 Å². The van der Waals surface area contributed by atoms with Gasteiger partial charge < -0.3 is 9.73 Å². The molecule has 4 aromatic rings. The van der Waals surface area contributed by atoms with E-state index in [1.54, 1.807) is 42.5 Å². The van der Waals surface area contributed by atoms with Crippen LogP contribution in [0.4, 0.5) is 0 Å². The maximum Gasteiger partial charge on any atom is 0.287 e. The number of nitrogens with zero attached hydrogens (tertiary/aromatic N) is 1. The van der Waals surface area contributed by atoms with Crippen LogP contribution in [0.15, 0.2) is 118 Å². The zero-order chi connectivity index (χ0) is 26.0. The summed E-state index contributed by atoms with van der Waals surface area (Å²) in [6, 6.07) is 27.4. The number of nitrogens with one attached hydrogen (secondary N) is 2. The van der Waals surface area contributed by atoms with Gasteiger partial charge in [-0.2, -0.15) is 5.10 Å². The Balaban J connectivity index is 1.46. The minimum absolute atomic E-state index is 0.0348. The summed E-state index contributed by atoms with van der Waals surface area (Å²) in [5.74, 6) is 0.0631. The number of rotatable bonds is 8. The van der Waals surface area contributed by atoms with E-state index >= 15 is 0 Å². The highest BCUT2D eigenvalue weighted by Gasteiger charge is 2.13. The van der Waals surface area contributed by atoms with Crippen LogP contribution in [0.1, 0.15) is 27.2 Å². The van der Waals surface area contributed by atoms with E-state index in [0.717, 1.165) is 16.7 Å². The lowest BCUT2D eigenvalue weighted by atomic mass is 10.1. The van der Waals surface area contributed by atoms with E-state index in [1.165, 1.54) is 12.3 Å². The predicted molar refractivity (Wildman–Crippen MR) is 147 cm³/mol. The van der Waals surface area contributed by atoms with Gasteiger partial charge in [0.1, 0.15) is 17.2 Å². The normalized spacial score (nSPS) is 11.7. The number of furan rings is 1. The number of carbonyl (C=O) groups excluding carboxylic acids is 2. The van der Waals surface area contributed by atoms with Crippen molar-refractivity contribution in [1.82, 2.24) is 10.7 Å². The molecule has 37 heavy (non-hydrogen) atoms. The third kappa shape index (κ3) is 7.16. The van der Waals surface area contributed by atoms with Crippen molar-refractivity contribution in [1.29, 1.82) is 0 Å². The Morgan fingerprint density at radius 2 is 1.65 bits per heavy atom. The van der Waals surface area contributed by atoms with Gasteiger partial charge in [0.05, 0.1) is 6.21 Å². The van der Waals surface area contributed by atoms with E-state index in [-0.39, 0.29) is 5.70 Å². The van der Waals surface area contributed by atoms with Crippen molar-refractivity contribution in [3.8, 4) is 11.3 Å². The number of hydrazone groups is 1. The Hall–Kier alpha value is -4.68. The van der Waals surface area contributed by atoms with Crippen LogP contribution in [-0.4, -0.2) is 18.0 Å². The summed E-state index contributed by atoms with van der Waals surface area (Å²) >= 11 is 6.21. The molecule has 0 saturated carbocycles. The largest absolute Gasteiger partial charge is 0.455 e. The van der Waals surface area contributed by atoms with Crippen LogP contribution < -0.4 is 10.7 Å². The zero-order valence-corrected chi connectivity index (χ0v) is 20.8. The van der Waals surface area contributed by atoms with Crippen LogP contribution in [0.5, 0.6) is 0 Å². The number of carbonyl (C=O) groups is 2. The first-order valence-corrected chi connectivity index (χ1v) is 11.9. The molecule has 3 aromatic carbocycles. The van der Waals surface area contributed by atoms with E-state index in [0.29, 0.717) is 22.1 Å². The number of hydrogen-bond acceptors (Lipinski definition) is 4. The first-order valence-electron chi connectivity index (χ1n) is 11.5. The molecule has 184 valence electrons. The molecule has 4 rings (SSSR count). The fourth-order valence-electron chi connectivity index (χ4n) is 3.32. The molecular formula is C30H24ClN3O3. The maximum atomic E-state index is 12.9. The molecule has 0 aliphatic carbocycles. The monoisotopic (exact) mass is 509 g/mol. The molecule has 0 unspecified atom stereocenters. The molecule has 0 radical (unpaired) electrons. The number of amides is 2. The van der Waals surface area contributed by atoms with Crippen molar-refractivity contribution < 1.29 is 14.0 Å². The summed E-state index contributed by atoms with van der Waals surface area (Å²) in [4.78, 5) is 25.5. The van der Waals surface area contributed by atoms with Crippen molar-refractivity contribution >= 4 is 35.7 Å². The third-order valence-electron chi connectivity index (χ3n) is 5.32. The van der Waals surface area contributed by atoms with Crippen molar-refractivity contribution in [2.24, 2.45) is 5.10 Å². The standard InChI is InChI=1S/C30H24ClN3O3/c1-21-15-16-24(19-26(21)31)28-18-17-25(37-28)20-32-34-30(36)27(14-8-11-22-9-4-2-5-10-22)33-29(35)23-12-6-3-7-13-23/h2-20H,1H3,(H,33,35)(H,34,36). The van der Waals surface area contributed by atoms with Gasteiger partial charge in [0, 0.05) is 16.1 Å². The lowest BCUT2D eigenvalue weighted by Crippen LogP contribution is -2.32. The van der Waals surface area contributed by atoms with Gasteiger partial charge >= 0.3 is 0 Å². The summed E-state index contributed by atoms with van der Waals surface area (Å²) in [6.45, 7) is 1.93. The Morgan fingerprint density at radius 3 is 2.38 bits per heavy atom. The second kappa shape index (κ2) is 12.3. The number of aryl methyl sites for hydroxylation is 1. The van der Waals surface area contributed by atoms with Gasteiger partial charge in [-0.1, -0.05) is 84.4 Å². The van der Waals surface area contributed by atoms with Crippen molar-refractivity contribution in [3.63, 3.8) is 0 Å². The number of benzene rings is 3. The van der Waals surface area contributed by atoms with Crippen LogP contribution in [-0.2, 0) is 4.79 Å². The SMILES string of the molecule is Cc1ccc(-c2ccc(C=NNC(=O)C(=CC=Cc3ccccc3)NC(=O)c3ccccc3)o2)cc1Cl. The average molecular weight is 510 g/mol. The average Bonchev–Trinajstić information content (AvgIpc) is 3.39. The molecule has 1 heterocycles. The Bertz CT molecular complexity index is 1470. The highest BCUT2D eigenvalue weighted by Crippen LogP contribution is 2.26. The van der Waals surface area contributed by atoms with Crippen molar-refractivity contribution in [2.45, 2.75) is 6.92 Å². The third-order valence-corrected chi connectivity index (χ3v) is 5.73. The number of halogens is 1. The molecule has 0 spiro atoms. The molecule has 0 fully saturated rings. The summed E-state index contributed by atoms with van der Waals surface area (Å²) in [7, 11) is 0. The Labute approximate surface area is 220 Å². The zero-order valence-electron chi connectivity index (χ0n) is 20.0. The molecule has 0 saturated heterocycles. The predicted octanol–water partition coefficient (Wildman–Crippen LogP) is 6.39. The number of hydrogen-bond donors (Lipinski definition) is 2. The molecule has 2 N–H and O–H groups in total. The summed E-state index contributed by atoms with van der Waals surface area (Å²) < 4.78 is 5.79. The molecule has 0 aliphatic rings.